The number of benzene rings is 2. The highest BCUT2D eigenvalue weighted by atomic mass is 16.5. The molecule has 21 heavy (non-hydrogen) atoms. The number of ether oxygens (including phenoxy) is 1. The molecule has 1 amide bonds. The lowest BCUT2D eigenvalue weighted by Crippen LogP contribution is -2.15. The zero-order valence-corrected chi connectivity index (χ0v) is 11.8. The molecule has 0 unspecified atom stereocenters. The van der Waals surface area contributed by atoms with Gasteiger partial charge in [0.2, 0.25) is 5.95 Å². The van der Waals surface area contributed by atoms with Crippen LogP contribution in [0, 0.1) is 0 Å². The van der Waals surface area contributed by atoms with Crippen LogP contribution in [0.4, 0.5) is 5.95 Å². The number of para-hydroxylation sites is 2. The van der Waals surface area contributed by atoms with E-state index < -0.39 is 0 Å². The third-order valence-electron chi connectivity index (χ3n) is 3.34. The van der Waals surface area contributed by atoms with Crippen molar-refractivity contribution in [1.82, 2.24) is 9.55 Å². The van der Waals surface area contributed by atoms with E-state index in [1.54, 1.807) is 31.4 Å². The first-order valence-corrected chi connectivity index (χ1v) is 6.56. The maximum absolute atomic E-state index is 12.3. The second-order valence-corrected chi connectivity index (χ2v) is 4.67. The number of imidazole rings is 1. The molecule has 0 atom stereocenters. The molecule has 0 bridgehead atoms. The fraction of sp³-hybridized carbons (Fsp3) is 0.125. The first-order valence-electron chi connectivity index (χ1n) is 6.56. The minimum absolute atomic E-state index is 0.215. The van der Waals surface area contributed by atoms with E-state index in [9.17, 15) is 4.79 Å². The van der Waals surface area contributed by atoms with Crippen molar-refractivity contribution in [1.29, 1.82) is 0 Å². The van der Waals surface area contributed by atoms with Crippen molar-refractivity contribution in [2.45, 2.75) is 0 Å². The van der Waals surface area contributed by atoms with Gasteiger partial charge >= 0.3 is 0 Å². The number of hydrogen-bond donors (Lipinski definition) is 1. The Bertz CT molecular complexity index is 808. The number of anilines is 1. The van der Waals surface area contributed by atoms with Gasteiger partial charge in [-0.15, -0.1) is 0 Å². The molecule has 3 aromatic rings. The number of carbonyl (C=O) groups excluding carboxylic acids is 1. The monoisotopic (exact) mass is 281 g/mol. The van der Waals surface area contributed by atoms with Gasteiger partial charge in [-0.25, -0.2) is 4.98 Å². The number of nitrogens with one attached hydrogen (secondary N) is 1. The Kier molecular flexibility index (Phi) is 3.31. The normalized spacial score (nSPS) is 10.6. The average Bonchev–Trinajstić information content (AvgIpc) is 2.84. The molecule has 2 aromatic carbocycles. The summed E-state index contributed by atoms with van der Waals surface area (Å²) in [4.78, 5) is 16.7. The average molecular weight is 281 g/mol. The smallest absolute Gasteiger partial charge is 0.258 e. The summed E-state index contributed by atoms with van der Waals surface area (Å²) in [5.74, 6) is 0.948. The SMILES string of the molecule is COc1cccc(C(=O)Nc2nc3ccccc3n2C)c1. The van der Waals surface area contributed by atoms with Crippen molar-refractivity contribution in [2.75, 3.05) is 12.4 Å². The molecule has 0 aliphatic rings. The molecule has 0 radical (unpaired) electrons. The van der Waals surface area contributed by atoms with Crippen molar-refractivity contribution >= 4 is 22.9 Å². The minimum atomic E-state index is -0.215. The van der Waals surface area contributed by atoms with Gasteiger partial charge in [0.1, 0.15) is 5.75 Å². The molecule has 106 valence electrons. The van der Waals surface area contributed by atoms with Gasteiger partial charge in [0, 0.05) is 12.6 Å². The largest absolute Gasteiger partial charge is 0.497 e. The van der Waals surface area contributed by atoms with Crippen molar-refractivity contribution in [2.24, 2.45) is 7.05 Å². The third kappa shape index (κ3) is 2.45. The van der Waals surface area contributed by atoms with Crippen LogP contribution >= 0.6 is 0 Å². The number of carbonyl (C=O) groups is 1. The van der Waals surface area contributed by atoms with Gasteiger partial charge < -0.3 is 9.30 Å². The molecule has 5 heteroatoms. The molecular formula is C16H15N3O2. The maximum atomic E-state index is 12.3. The first kappa shape index (κ1) is 13.2. The standard InChI is InChI=1S/C16H15N3O2/c1-19-14-9-4-3-8-13(14)17-16(19)18-15(20)11-6-5-7-12(10-11)21-2/h3-10H,1-2H3,(H,17,18,20). The van der Waals surface area contributed by atoms with E-state index in [1.165, 1.54) is 0 Å². The van der Waals surface area contributed by atoms with Gasteiger partial charge in [-0.2, -0.15) is 0 Å². The number of fused-ring (bicyclic) bond motifs is 1. The zero-order chi connectivity index (χ0) is 14.8. The number of aryl methyl sites for hydroxylation is 1. The molecule has 1 aromatic heterocycles. The van der Waals surface area contributed by atoms with Crippen molar-refractivity contribution in [3.05, 3.63) is 54.1 Å². The lowest BCUT2D eigenvalue weighted by Gasteiger charge is -2.06. The van der Waals surface area contributed by atoms with Crippen molar-refractivity contribution < 1.29 is 9.53 Å². The van der Waals surface area contributed by atoms with Crippen LogP contribution in [0.25, 0.3) is 11.0 Å². The summed E-state index contributed by atoms with van der Waals surface area (Å²) >= 11 is 0. The van der Waals surface area contributed by atoms with Gasteiger partial charge in [0.05, 0.1) is 18.1 Å². The summed E-state index contributed by atoms with van der Waals surface area (Å²) in [5.41, 5.74) is 2.35. The van der Waals surface area contributed by atoms with Gasteiger partial charge in [-0.05, 0) is 30.3 Å². The summed E-state index contributed by atoms with van der Waals surface area (Å²) < 4.78 is 6.98. The molecule has 0 spiro atoms. The fourth-order valence-electron chi connectivity index (χ4n) is 2.20. The quantitative estimate of drug-likeness (QED) is 0.803. The van der Waals surface area contributed by atoms with Crippen LogP contribution in [-0.2, 0) is 7.05 Å². The number of methoxy groups -OCH3 is 1. The lowest BCUT2D eigenvalue weighted by molar-refractivity contribution is 0.102. The second-order valence-electron chi connectivity index (χ2n) is 4.67. The number of amides is 1. The molecule has 0 aliphatic carbocycles. The zero-order valence-electron chi connectivity index (χ0n) is 11.8. The van der Waals surface area contributed by atoms with Crippen LogP contribution < -0.4 is 10.1 Å². The van der Waals surface area contributed by atoms with Gasteiger partial charge in [0.15, 0.2) is 0 Å². The first-order chi connectivity index (χ1) is 10.2. The molecule has 0 aliphatic heterocycles. The number of hydrogen-bond acceptors (Lipinski definition) is 3. The van der Waals surface area contributed by atoms with Gasteiger partial charge in [-0.1, -0.05) is 18.2 Å². The highest BCUT2D eigenvalue weighted by Crippen LogP contribution is 2.19. The number of aromatic nitrogens is 2. The third-order valence-corrected chi connectivity index (χ3v) is 3.34. The summed E-state index contributed by atoms with van der Waals surface area (Å²) in [7, 11) is 3.44. The van der Waals surface area contributed by atoms with Crippen LogP contribution in [-0.4, -0.2) is 22.6 Å². The Balaban J connectivity index is 1.90. The predicted molar refractivity (Wildman–Crippen MR) is 81.7 cm³/mol. The van der Waals surface area contributed by atoms with E-state index in [1.807, 2.05) is 35.9 Å². The summed E-state index contributed by atoms with van der Waals surface area (Å²) in [5, 5.41) is 2.82. The van der Waals surface area contributed by atoms with Crippen LogP contribution in [0.5, 0.6) is 5.75 Å². The fourth-order valence-corrected chi connectivity index (χ4v) is 2.20. The Hall–Kier alpha value is -2.82. The molecule has 1 heterocycles. The van der Waals surface area contributed by atoms with E-state index in [0.29, 0.717) is 17.3 Å². The Morgan fingerprint density at radius 2 is 2.00 bits per heavy atom. The van der Waals surface area contributed by atoms with Gasteiger partial charge in [-0.3, -0.25) is 10.1 Å². The van der Waals surface area contributed by atoms with E-state index in [0.717, 1.165) is 11.0 Å². The van der Waals surface area contributed by atoms with E-state index >= 15 is 0 Å². The number of nitrogens with zero attached hydrogens (tertiary/aromatic N) is 2. The topological polar surface area (TPSA) is 56.1 Å². The number of rotatable bonds is 3. The maximum Gasteiger partial charge on any atom is 0.258 e. The van der Waals surface area contributed by atoms with Gasteiger partial charge in [0.25, 0.3) is 5.91 Å². The van der Waals surface area contributed by atoms with Crippen molar-refractivity contribution in [3.8, 4) is 5.75 Å². The molecule has 0 saturated carbocycles. The van der Waals surface area contributed by atoms with E-state index in [2.05, 4.69) is 10.3 Å². The molecule has 0 fully saturated rings. The summed E-state index contributed by atoms with van der Waals surface area (Å²) in [6, 6.07) is 14.7. The summed E-state index contributed by atoms with van der Waals surface area (Å²) in [6.45, 7) is 0. The van der Waals surface area contributed by atoms with Crippen LogP contribution in [0.15, 0.2) is 48.5 Å². The predicted octanol–water partition coefficient (Wildman–Crippen LogP) is 2.83. The van der Waals surface area contributed by atoms with E-state index in [4.69, 9.17) is 4.74 Å². The summed E-state index contributed by atoms with van der Waals surface area (Å²) in [6.07, 6.45) is 0. The Labute approximate surface area is 122 Å². The van der Waals surface area contributed by atoms with Crippen LogP contribution in [0.1, 0.15) is 10.4 Å². The lowest BCUT2D eigenvalue weighted by atomic mass is 10.2. The second kappa shape index (κ2) is 5.28. The molecule has 0 saturated heterocycles. The molecular weight excluding hydrogens is 266 g/mol. The molecule has 1 N–H and O–H groups in total. The van der Waals surface area contributed by atoms with Crippen molar-refractivity contribution in [3.63, 3.8) is 0 Å². The Morgan fingerprint density at radius 3 is 2.76 bits per heavy atom. The minimum Gasteiger partial charge on any atom is -0.497 e. The van der Waals surface area contributed by atoms with Crippen LogP contribution in [0.2, 0.25) is 0 Å². The van der Waals surface area contributed by atoms with Crippen LogP contribution in [0.3, 0.4) is 0 Å². The van der Waals surface area contributed by atoms with E-state index in [-0.39, 0.29) is 5.91 Å². The highest BCUT2D eigenvalue weighted by molar-refractivity contribution is 6.04. The Morgan fingerprint density at radius 1 is 1.19 bits per heavy atom. The highest BCUT2D eigenvalue weighted by Gasteiger charge is 2.12. The molecule has 3 rings (SSSR count). The molecule has 5 nitrogen and oxygen atoms in total.